The molecule has 1 aliphatic carbocycles. The highest BCUT2D eigenvalue weighted by molar-refractivity contribution is 5.81. The van der Waals surface area contributed by atoms with Crippen molar-refractivity contribution in [2.45, 2.75) is 52.9 Å². The van der Waals surface area contributed by atoms with Gasteiger partial charge in [0.05, 0.1) is 0 Å². The third-order valence-corrected chi connectivity index (χ3v) is 3.18. The number of rotatable bonds is 4. The van der Waals surface area contributed by atoms with Crippen LogP contribution in [0.5, 0.6) is 0 Å². The minimum atomic E-state index is 0.410. The van der Waals surface area contributed by atoms with Gasteiger partial charge >= 0.3 is 0 Å². The Kier molecular flexibility index (Phi) is 3.95. The van der Waals surface area contributed by atoms with E-state index in [1.165, 1.54) is 19.3 Å². The van der Waals surface area contributed by atoms with E-state index in [1.807, 2.05) is 0 Å². The van der Waals surface area contributed by atoms with Crippen LogP contribution in [0.15, 0.2) is 0 Å². The zero-order valence-corrected chi connectivity index (χ0v) is 9.18. The normalized spacial score (nSPS) is 28.3. The summed E-state index contributed by atoms with van der Waals surface area (Å²) in [5, 5.41) is 0. The fraction of sp³-hybridized carbons (Fsp3) is 0.917. The van der Waals surface area contributed by atoms with E-state index < -0.39 is 0 Å². The van der Waals surface area contributed by atoms with Gasteiger partial charge in [0.1, 0.15) is 5.78 Å². The lowest BCUT2D eigenvalue weighted by Gasteiger charge is -2.10. The van der Waals surface area contributed by atoms with Gasteiger partial charge in [-0.25, -0.2) is 0 Å². The maximum Gasteiger partial charge on any atom is 0.136 e. The summed E-state index contributed by atoms with van der Waals surface area (Å²) in [6.45, 7) is 6.49. The summed E-state index contributed by atoms with van der Waals surface area (Å²) in [6, 6.07) is 0. The maximum atomic E-state index is 11.7. The third kappa shape index (κ3) is 3.13. The van der Waals surface area contributed by atoms with E-state index in [0.29, 0.717) is 17.6 Å². The fourth-order valence-corrected chi connectivity index (χ4v) is 2.31. The van der Waals surface area contributed by atoms with Gasteiger partial charge in [0.2, 0.25) is 0 Å². The van der Waals surface area contributed by atoms with Crippen molar-refractivity contribution in [1.82, 2.24) is 0 Å². The van der Waals surface area contributed by atoms with Crippen LogP contribution in [0.2, 0.25) is 0 Å². The van der Waals surface area contributed by atoms with Crippen molar-refractivity contribution in [2.24, 2.45) is 17.8 Å². The van der Waals surface area contributed by atoms with Gasteiger partial charge in [-0.1, -0.05) is 27.2 Å². The number of carbonyl (C=O) groups is 1. The molecular weight excluding hydrogens is 160 g/mol. The number of hydrogen-bond donors (Lipinski definition) is 0. The van der Waals surface area contributed by atoms with Gasteiger partial charge in [0.15, 0.2) is 0 Å². The number of ketones is 1. The molecule has 0 aromatic rings. The second-order valence-electron chi connectivity index (χ2n) is 4.85. The van der Waals surface area contributed by atoms with Crippen molar-refractivity contribution in [3.63, 3.8) is 0 Å². The fourth-order valence-electron chi connectivity index (χ4n) is 2.31. The highest BCUT2D eigenvalue weighted by atomic mass is 16.1. The molecule has 13 heavy (non-hydrogen) atoms. The average molecular weight is 182 g/mol. The smallest absolute Gasteiger partial charge is 0.136 e. The predicted molar refractivity (Wildman–Crippen MR) is 55.6 cm³/mol. The van der Waals surface area contributed by atoms with Crippen molar-refractivity contribution >= 4 is 5.78 Å². The van der Waals surface area contributed by atoms with Crippen molar-refractivity contribution in [3.8, 4) is 0 Å². The summed E-state index contributed by atoms with van der Waals surface area (Å²) in [5.74, 6) is 2.30. The number of carbonyl (C=O) groups excluding carboxylic acids is 1. The van der Waals surface area contributed by atoms with Crippen LogP contribution in [-0.4, -0.2) is 5.78 Å². The van der Waals surface area contributed by atoms with Crippen molar-refractivity contribution < 1.29 is 4.79 Å². The predicted octanol–water partition coefficient (Wildman–Crippen LogP) is 3.43. The summed E-state index contributed by atoms with van der Waals surface area (Å²) in [5.41, 5.74) is 0. The van der Waals surface area contributed by atoms with E-state index in [2.05, 4.69) is 20.8 Å². The zero-order valence-electron chi connectivity index (χ0n) is 9.18. The highest BCUT2D eigenvalue weighted by Gasteiger charge is 2.28. The molecule has 0 heterocycles. The molecule has 1 nitrogen and oxygen atoms in total. The Morgan fingerprint density at radius 3 is 2.54 bits per heavy atom. The first-order chi connectivity index (χ1) is 6.13. The van der Waals surface area contributed by atoms with E-state index >= 15 is 0 Å². The molecular formula is C12H22O. The Balaban J connectivity index is 2.33. The monoisotopic (exact) mass is 182 g/mol. The van der Waals surface area contributed by atoms with Crippen molar-refractivity contribution in [2.75, 3.05) is 0 Å². The van der Waals surface area contributed by atoms with Crippen LogP contribution in [0.4, 0.5) is 0 Å². The molecule has 2 atom stereocenters. The molecule has 0 radical (unpaired) electrons. The molecule has 2 unspecified atom stereocenters. The molecule has 76 valence electrons. The molecule has 1 saturated carbocycles. The largest absolute Gasteiger partial charge is 0.299 e. The third-order valence-electron chi connectivity index (χ3n) is 3.18. The van der Waals surface area contributed by atoms with Crippen LogP contribution in [0.25, 0.3) is 0 Å². The Hall–Kier alpha value is -0.330. The summed E-state index contributed by atoms with van der Waals surface area (Å²) in [4.78, 5) is 11.7. The average Bonchev–Trinajstić information content (AvgIpc) is 2.50. The molecule has 0 aliphatic heterocycles. The zero-order chi connectivity index (χ0) is 9.84. The lowest BCUT2D eigenvalue weighted by molar-refractivity contribution is -0.123. The van der Waals surface area contributed by atoms with E-state index in [9.17, 15) is 4.79 Å². The van der Waals surface area contributed by atoms with Gasteiger partial charge in [0, 0.05) is 12.3 Å². The molecule has 0 aromatic carbocycles. The minimum absolute atomic E-state index is 0.410. The van der Waals surface area contributed by atoms with Crippen molar-refractivity contribution in [1.29, 1.82) is 0 Å². The summed E-state index contributed by atoms with van der Waals surface area (Å²) < 4.78 is 0. The topological polar surface area (TPSA) is 17.1 Å². The summed E-state index contributed by atoms with van der Waals surface area (Å²) >= 11 is 0. The van der Waals surface area contributed by atoms with Gasteiger partial charge in [0.25, 0.3) is 0 Å². The first kappa shape index (κ1) is 10.7. The molecule has 0 N–H and O–H groups in total. The second-order valence-corrected chi connectivity index (χ2v) is 4.85. The van der Waals surface area contributed by atoms with Crippen LogP contribution in [0.3, 0.4) is 0 Å². The molecule has 0 amide bonds. The molecule has 0 saturated heterocycles. The van der Waals surface area contributed by atoms with Crippen LogP contribution >= 0.6 is 0 Å². The van der Waals surface area contributed by atoms with Gasteiger partial charge in [-0.3, -0.25) is 4.79 Å². The minimum Gasteiger partial charge on any atom is -0.299 e. The highest BCUT2D eigenvalue weighted by Crippen LogP contribution is 2.34. The van der Waals surface area contributed by atoms with Crippen LogP contribution < -0.4 is 0 Å². The molecule has 0 bridgehead atoms. The second kappa shape index (κ2) is 4.78. The lowest BCUT2D eigenvalue weighted by Crippen LogP contribution is -2.13. The van der Waals surface area contributed by atoms with E-state index in [1.54, 1.807) is 0 Å². The maximum absolute atomic E-state index is 11.7. The lowest BCUT2D eigenvalue weighted by atomic mass is 9.94. The molecule has 0 aromatic heterocycles. The molecule has 1 rings (SSSR count). The number of Topliss-reactive ketones (excluding diaryl/α,β-unsaturated/α-hetero) is 1. The SMILES string of the molecule is CCC1CCC(C(=O)CC(C)C)C1. The van der Waals surface area contributed by atoms with Gasteiger partial charge in [-0.05, 0) is 31.1 Å². The van der Waals surface area contributed by atoms with Gasteiger partial charge < -0.3 is 0 Å². The summed E-state index contributed by atoms with van der Waals surface area (Å²) in [7, 11) is 0. The van der Waals surface area contributed by atoms with Crippen LogP contribution in [-0.2, 0) is 4.79 Å². The molecule has 0 spiro atoms. The van der Waals surface area contributed by atoms with Crippen LogP contribution in [0.1, 0.15) is 52.9 Å². The molecule has 1 fully saturated rings. The van der Waals surface area contributed by atoms with E-state index in [-0.39, 0.29) is 0 Å². The first-order valence-corrected chi connectivity index (χ1v) is 5.66. The first-order valence-electron chi connectivity index (χ1n) is 5.66. The Labute approximate surface area is 81.9 Å². The quantitative estimate of drug-likeness (QED) is 0.651. The van der Waals surface area contributed by atoms with Crippen molar-refractivity contribution in [3.05, 3.63) is 0 Å². The number of hydrogen-bond acceptors (Lipinski definition) is 1. The van der Waals surface area contributed by atoms with E-state index in [0.717, 1.165) is 18.8 Å². The Bertz CT molecular complexity index is 172. The Morgan fingerprint density at radius 2 is 2.08 bits per heavy atom. The van der Waals surface area contributed by atoms with Crippen LogP contribution in [0, 0.1) is 17.8 Å². The van der Waals surface area contributed by atoms with Gasteiger partial charge in [-0.2, -0.15) is 0 Å². The molecule has 1 heteroatoms. The molecule has 1 aliphatic rings. The summed E-state index contributed by atoms with van der Waals surface area (Å²) in [6.07, 6.45) is 5.66. The van der Waals surface area contributed by atoms with E-state index in [4.69, 9.17) is 0 Å². The standard InChI is InChI=1S/C12H22O/c1-4-10-5-6-11(8-10)12(13)7-9(2)3/h9-11H,4-8H2,1-3H3. The Morgan fingerprint density at radius 1 is 1.38 bits per heavy atom. The van der Waals surface area contributed by atoms with Gasteiger partial charge in [-0.15, -0.1) is 0 Å².